The fraction of sp³-hybridized carbons (Fsp3) is 0.308. The number of hydrogen-bond acceptors (Lipinski definition) is 5. The molecule has 8 heteroatoms. The van der Waals surface area contributed by atoms with E-state index in [1.165, 1.54) is 37.1 Å². The fourth-order valence-corrected chi connectivity index (χ4v) is 2.16. The monoisotopic (exact) mass is 312 g/mol. The van der Waals surface area contributed by atoms with E-state index in [0.717, 1.165) is 0 Å². The van der Waals surface area contributed by atoms with Crippen LogP contribution in [0.4, 0.5) is 5.69 Å². The number of hydrogen-bond donors (Lipinski definition) is 3. The normalized spacial score (nSPS) is 9.95. The Morgan fingerprint density at radius 2 is 2.10 bits per heavy atom. The number of rotatable bonds is 8. The van der Waals surface area contributed by atoms with Crippen LogP contribution < -0.4 is 15.8 Å². The van der Waals surface area contributed by atoms with Gasteiger partial charge < -0.3 is 20.9 Å². The molecule has 1 aromatic rings. The molecule has 4 N–H and O–H groups in total. The Hall–Kier alpha value is -2.22. The van der Waals surface area contributed by atoms with Gasteiger partial charge in [-0.25, -0.2) is 4.79 Å². The number of primary amides is 1. The van der Waals surface area contributed by atoms with Crippen LogP contribution >= 0.6 is 11.8 Å². The van der Waals surface area contributed by atoms with Crippen molar-refractivity contribution in [3.8, 4) is 5.75 Å². The van der Waals surface area contributed by atoms with E-state index in [4.69, 9.17) is 15.6 Å². The quantitative estimate of drug-likeness (QED) is 0.615. The average Bonchev–Trinajstić information content (AvgIpc) is 2.43. The number of amides is 2. The lowest BCUT2D eigenvalue weighted by molar-refractivity contribution is -0.116. The first-order valence-corrected chi connectivity index (χ1v) is 7.16. The zero-order valence-electron chi connectivity index (χ0n) is 11.4. The van der Waals surface area contributed by atoms with Gasteiger partial charge in [0, 0.05) is 12.2 Å². The first-order valence-electron chi connectivity index (χ1n) is 6.01. The number of methoxy groups -OCH3 is 1. The molecule has 0 heterocycles. The molecule has 0 saturated carbocycles. The van der Waals surface area contributed by atoms with Gasteiger partial charge in [-0.2, -0.15) is 11.8 Å². The van der Waals surface area contributed by atoms with E-state index in [9.17, 15) is 14.4 Å². The van der Waals surface area contributed by atoms with Crippen LogP contribution in [0.25, 0.3) is 0 Å². The molecule has 0 atom stereocenters. The Morgan fingerprint density at radius 1 is 1.38 bits per heavy atom. The largest absolute Gasteiger partial charge is 0.495 e. The van der Waals surface area contributed by atoms with Gasteiger partial charge in [0.2, 0.25) is 11.8 Å². The average molecular weight is 312 g/mol. The molecule has 2 amide bonds. The number of carboxylic acids is 1. The van der Waals surface area contributed by atoms with E-state index >= 15 is 0 Å². The highest BCUT2D eigenvalue weighted by atomic mass is 32.2. The van der Waals surface area contributed by atoms with Crippen molar-refractivity contribution in [3.05, 3.63) is 23.8 Å². The minimum absolute atomic E-state index is 0.0502. The van der Waals surface area contributed by atoms with Crippen LogP contribution in [0, 0.1) is 0 Å². The lowest BCUT2D eigenvalue weighted by Crippen LogP contribution is -2.16. The summed E-state index contributed by atoms with van der Waals surface area (Å²) in [4.78, 5) is 33.2. The smallest absolute Gasteiger partial charge is 0.335 e. The molecule has 0 aliphatic heterocycles. The van der Waals surface area contributed by atoms with Crippen molar-refractivity contribution in [2.24, 2.45) is 5.73 Å². The lowest BCUT2D eigenvalue weighted by Gasteiger charge is -2.11. The molecule has 1 rings (SSSR count). The third-order valence-corrected chi connectivity index (χ3v) is 3.42. The summed E-state index contributed by atoms with van der Waals surface area (Å²) in [5.41, 5.74) is 5.33. The molecule has 0 unspecified atom stereocenters. The van der Waals surface area contributed by atoms with E-state index in [0.29, 0.717) is 17.2 Å². The highest BCUT2D eigenvalue weighted by Gasteiger charge is 2.11. The Labute approximate surface area is 125 Å². The molecule has 0 bridgehead atoms. The van der Waals surface area contributed by atoms with E-state index in [-0.39, 0.29) is 23.6 Å². The minimum Gasteiger partial charge on any atom is -0.495 e. The van der Waals surface area contributed by atoms with E-state index < -0.39 is 11.9 Å². The molecule has 0 saturated heterocycles. The second kappa shape index (κ2) is 8.15. The maximum absolute atomic E-state index is 11.8. The number of nitrogens with two attached hydrogens (primary N) is 1. The van der Waals surface area contributed by atoms with E-state index in [2.05, 4.69) is 5.32 Å². The number of carboxylic acid groups (broad SMARTS) is 1. The number of ether oxygens (including phenoxy) is 1. The van der Waals surface area contributed by atoms with Gasteiger partial charge in [0.15, 0.2) is 0 Å². The van der Waals surface area contributed by atoms with Gasteiger partial charge in [-0.05, 0) is 18.2 Å². The summed E-state index contributed by atoms with van der Waals surface area (Å²) in [6.07, 6.45) is 0.179. The Kier molecular flexibility index (Phi) is 6.54. The maximum atomic E-state index is 11.8. The highest BCUT2D eigenvalue weighted by Crippen LogP contribution is 2.25. The zero-order valence-corrected chi connectivity index (χ0v) is 12.2. The molecule has 0 aliphatic carbocycles. The third-order valence-electron chi connectivity index (χ3n) is 2.44. The topological polar surface area (TPSA) is 119 Å². The van der Waals surface area contributed by atoms with Crippen LogP contribution in [0.2, 0.25) is 0 Å². The predicted octanol–water partition coefficient (Wildman–Crippen LogP) is 0.940. The van der Waals surface area contributed by atoms with Crippen molar-refractivity contribution >= 4 is 35.2 Å². The number of carbonyl (C=O) groups excluding carboxylic acids is 2. The van der Waals surface area contributed by atoms with Crippen molar-refractivity contribution in [2.45, 2.75) is 6.42 Å². The molecule has 0 aromatic heterocycles. The number of nitrogens with one attached hydrogen (secondary N) is 1. The summed E-state index contributed by atoms with van der Waals surface area (Å²) < 4.78 is 5.06. The summed E-state index contributed by atoms with van der Waals surface area (Å²) in [5.74, 6) is -0.854. The van der Waals surface area contributed by atoms with Crippen LogP contribution in [0.5, 0.6) is 5.75 Å². The molecule has 1 aromatic carbocycles. The van der Waals surface area contributed by atoms with Gasteiger partial charge in [-0.15, -0.1) is 0 Å². The van der Waals surface area contributed by atoms with Gasteiger partial charge in [-0.1, -0.05) is 0 Å². The highest BCUT2D eigenvalue weighted by molar-refractivity contribution is 7.99. The first-order chi connectivity index (χ1) is 9.93. The maximum Gasteiger partial charge on any atom is 0.335 e. The number of carbonyl (C=O) groups is 3. The molecular weight excluding hydrogens is 296 g/mol. The molecule has 0 aliphatic rings. The third kappa shape index (κ3) is 5.74. The number of thioether (sulfide) groups is 1. The molecule has 0 radical (unpaired) electrons. The Bertz CT molecular complexity index is 547. The van der Waals surface area contributed by atoms with Crippen LogP contribution in [0.1, 0.15) is 16.8 Å². The standard InChI is InChI=1S/C13H16N2O5S/c1-20-10-3-2-8(13(18)19)6-9(10)15-12(17)4-5-21-7-11(14)16/h2-3,6H,4-5,7H2,1H3,(H2,14,16)(H,15,17)(H,18,19). The van der Waals surface area contributed by atoms with Gasteiger partial charge in [0.1, 0.15) is 5.75 Å². The van der Waals surface area contributed by atoms with Gasteiger partial charge in [0.05, 0.1) is 24.1 Å². The number of anilines is 1. The molecule has 0 spiro atoms. The Morgan fingerprint density at radius 3 is 2.67 bits per heavy atom. The van der Waals surface area contributed by atoms with Crippen LogP contribution in [0.3, 0.4) is 0 Å². The first kappa shape index (κ1) is 16.8. The number of aromatic carboxylic acids is 1. The SMILES string of the molecule is COc1ccc(C(=O)O)cc1NC(=O)CCSCC(N)=O. The fourth-order valence-electron chi connectivity index (χ4n) is 1.49. The summed E-state index contributed by atoms with van der Waals surface area (Å²) in [6, 6.07) is 4.19. The summed E-state index contributed by atoms with van der Waals surface area (Å²) in [5, 5.41) is 11.5. The van der Waals surface area contributed by atoms with Crippen molar-refractivity contribution in [1.82, 2.24) is 0 Å². The molecule has 114 valence electrons. The molecule has 21 heavy (non-hydrogen) atoms. The molecule has 0 fully saturated rings. The van der Waals surface area contributed by atoms with Gasteiger partial charge in [0.25, 0.3) is 0 Å². The van der Waals surface area contributed by atoms with Gasteiger partial charge in [-0.3, -0.25) is 9.59 Å². The summed E-state index contributed by atoms with van der Waals surface area (Å²) >= 11 is 1.26. The van der Waals surface area contributed by atoms with Crippen molar-refractivity contribution in [2.75, 3.05) is 23.9 Å². The minimum atomic E-state index is -1.09. The van der Waals surface area contributed by atoms with Crippen LogP contribution in [-0.4, -0.2) is 41.5 Å². The molecule has 7 nitrogen and oxygen atoms in total. The molecular formula is C13H16N2O5S. The predicted molar refractivity (Wildman–Crippen MR) is 79.7 cm³/mol. The zero-order chi connectivity index (χ0) is 15.8. The van der Waals surface area contributed by atoms with Crippen LogP contribution in [0.15, 0.2) is 18.2 Å². The summed E-state index contributed by atoms with van der Waals surface area (Å²) in [6.45, 7) is 0. The summed E-state index contributed by atoms with van der Waals surface area (Å²) in [7, 11) is 1.42. The Balaban J connectivity index is 2.63. The van der Waals surface area contributed by atoms with Gasteiger partial charge >= 0.3 is 5.97 Å². The lowest BCUT2D eigenvalue weighted by atomic mass is 10.2. The number of benzene rings is 1. The van der Waals surface area contributed by atoms with Crippen molar-refractivity contribution in [3.63, 3.8) is 0 Å². The van der Waals surface area contributed by atoms with Crippen molar-refractivity contribution in [1.29, 1.82) is 0 Å². The second-order valence-electron chi connectivity index (χ2n) is 4.04. The van der Waals surface area contributed by atoms with E-state index in [1.807, 2.05) is 0 Å². The van der Waals surface area contributed by atoms with Crippen LogP contribution in [-0.2, 0) is 9.59 Å². The second-order valence-corrected chi connectivity index (χ2v) is 5.14. The van der Waals surface area contributed by atoms with E-state index in [1.54, 1.807) is 0 Å². The van der Waals surface area contributed by atoms with Crippen molar-refractivity contribution < 1.29 is 24.2 Å².